The van der Waals surface area contributed by atoms with Gasteiger partial charge >= 0.3 is 5.97 Å². The second-order valence-electron chi connectivity index (χ2n) is 4.41. The monoisotopic (exact) mass is 307 g/mol. The van der Waals surface area contributed by atoms with Crippen molar-refractivity contribution in [2.75, 3.05) is 5.32 Å². The van der Waals surface area contributed by atoms with E-state index in [0.717, 1.165) is 0 Å². The molecule has 0 saturated carbocycles. The average molecular weight is 308 g/mol. The third-order valence-corrected chi connectivity index (χ3v) is 3.01. The number of aromatic nitrogens is 2. The molecule has 0 saturated heterocycles. The van der Waals surface area contributed by atoms with Gasteiger partial charge in [0.2, 0.25) is 5.91 Å². The smallest absolute Gasteiger partial charge is 0.303 e. The minimum atomic E-state index is -0.914. The summed E-state index contributed by atoms with van der Waals surface area (Å²) >= 11 is 5.95. The Hall–Kier alpha value is -2.34. The molecule has 0 bridgehead atoms. The van der Waals surface area contributed by atoms with Crippen LogP contribution in [0.2, 0.25) is 5.02 Å². The molecule has 1 amide bonds. The van der Waals surface area contributed by atoms with Crippen LogP contribution in [0.4, 0.5) is 5.69 Å². The fourth-order valence-corrected chi connectivity index (χ4v) is 2.00. The first-order valence-electron chi connectivity index (χ1n) is 6.37. The summed E-state index contributed by atoms with van der Waals surface area (Å²) in [7, 11) is 0. The van der Waals surface area contributed by atoms with E-state index < -0.39 is 5.97 Å². The van der Waals surface area contributed by atoms with Crippen LogP contribution in [0.25, 0.3) is 5.69 Å². The molecule has 0 spiro atoms. The molecular formula is C14H14ClN3O3. The minimum Gasteiger partial charge on any atom is -0.481 e. The van der Waals surface area contributed by atoms with Gasteiger partial charge in [0.1, 0.15) is 0 Å². The number of nitrogens with zero attached hydrogens (tertiary/aromatic N) is 2. The maximum atomic E-state index is 11.9. The van der Waals surface area contributed by atoms with E-state index >= 15 is 0 Å². The third-order valence-electron chi connectivity index (χ3n) is 2.78. The quantitative estimate of drug-likeness (QED) is 0.859. The molecule has 0 aliphatic carbocycles. The van der Waals surface area contributed by atoms with Crippen LogP contribution in [-0.4, -0.2) is 26.8 Å². The highest BCUT2D eigenvalue weighted by atomic mass is 35.5. The maximum Gasteiger partial charge on any atom is 0.303 e. The molecule has 0 unspecified atom stereocenters. The van der Waals surface area contributed by atoms with Gasteiger partial charge in [-0.15, -0.1) is 0 Å². The van der Waals surface area contributed by atoms with Gasteiger partial charge in [-0.1, -0.05) is 11.6 Å². The van der Waals surface area contributed by atoms with E-state index in [1.165, 1.54) is 0 Å². The average Bonchev–Trinajstić information content (AvgIpc) is 2.92. The van der Waals surface area contributed by atoms with E-state index in [9.17, 15) is 9.59 Å². The van der Waals surface area contributed by atoms with Crippen LogP contribution >= 0.6 is 11.6 Å². The molecule has 2 aromatic rings. The molecule has 7 heteroatoms. The van der Waals surface area contributed by atoms with Gasteiger partial charge in [-0.2, -0.15) is 5.10 Å². The van der Waals surface area contributed by atoms with Gasteiger partial charge in [0.25, 0.3) is 0 Å². The lowest BCUT2D eigenvalue weighted by Crippen LogP contribution is -2.14. The van der Waals surface area contributed by atoms with Gasteiger partial charge in [-0.05, 0) is 30.7 Å². The summed E-state index contributed by atoms with van der Waals surface area (Å²) in [6.07, 6.45) is 3.78. The Bertz CT molecular complexity index is 641. The largest absolute Gasteiger partial charge is 0.481 e. The number of carboxylic acid groups (broad SMARTS) is 1. The van der Waals surface area contributed by atoms with Gasteiger partial charge in [-0.25, -0.2) is 4.68 Å². The number of aliphatic carboxylic acids is 1. The molecule has 1 aromatic carbocycles. The molecule has 2 rings (SSSR count). The topological polar surface area (TPSA) is 84.2 Å². The zero-order chi connectivity index (χ0) is 15.2. The van der Waals surface area contributed by atoms with Crippen molar-refractivity contribution in [2.45, 2.75) is 19.3 Å². The van der Waals surface area contributed by atoms with Crippen molar-refractivity contribution in [1.29, 1.82) is 0 Å². The van der Waals surface area contributed by atoms with Gasteiger partial charge in [0, 0.05) is 30.3 Å². The number of benzene rings is 1. The summed E-state index contributed by atoms with van der Waals surface area (Å²) in [4.78, 5) is 22.3. The number of carbonyl (C=O) groups excluding carboxylic acids is 1. The number of carbonyl (C=O) groups is 2. The Morgan fingerprint density at radius 3 is 2.81 bits per heavy atom. The molecule has 0 aliphatic heterocycles. The molecule has 0 fully saturated rings. The number of hydrogen-bond donors (Lipinski definition) is 2. The van der Waals surface area contributed by atoms with Crippen LogP contribution in [0.3, 0.4) is 0 Å². The van der Waals surface area contributed by atoms with Crippen molar-refractivity contribution in [3.8, 4) is 5.69 Å². The highest BCUT2D eigenvalue weighted by Gasteiger charge is 2.10. The Kier molecular flexibility index (Phi) is 4.94. The van der Waals surface area contributed by atoms with E-state index in [1.54, 1.807) is 41.3 Å². The number of amides is 1. The lowest BCUT2D eigenvalue weighted by atomic mass is 10.2. The molecule has 0 radical (unpaired) electrons. The van der Waals surface area contributed by atoms with Crippen LogP contribution in [0.1, 0.15) is 19.3 Å². The molecule has 1 heterocycles. The molecule has 2 N–H and O–H groups in total. The minimum absolute atomic E-state index is 0.0328. The Labute approximate surface area is 126 Å². The van der Waals surface area contributed by atoms with Crippen molar-refractivity contribution in [3.05, 3.63) is 41.7 Å². The second-order valence-corrected chi connectivity index (χ2v) is 4.84. The van der Waals surface area contributed by atoms with E-state index in [-0.39, 0.29) is 18.7 Å². The normalized spacial score (nSPS) is 10.3. The van der Waals surface area contributed by atoms with Crippen LogP contribution in [-0.2, 0) is 9.59 Å². The van der Waals surface area contributed by atoms with E-state index in [2.05, 4.69) is 10.4 Å². The van der Waals surface area contributed by atoms with Crippen molar-refractivity contribution in [3.63, 3.8) is 0 Å². The van der Waals surface area contributed by atoms with E-state index in [1.807, 2.05) is 0 Å². The molecule has 1 aromatic heterocycles. The van der Waals surface area contributed by atoms with Gasteiger partial charge in [-0.3, -0.25) is 9.59 Å². The summed E-state index contributed by atoms with van der Waals surface area (Å²) in [5, 5.41) is 15.9. The SMILES string of the molecule is O=C(O)CCCC(=O)Nc1cc(Cl)ccc1-n1cccn1. The number of hydrogen-bond acceptors (Lipinski definition) is 3. The number of halogens is 1. The summed E-state index contributed by atoms with van der Waals surface area (Å²) in [5.74, 6) is -1.17. The molecule has 21 heavy (non-hydrogen) atoms. The van der Waals surface area contributed by atoms with E-state index in [4.69, 9.17) is 16.7 Å². The number of carboxylic acids is 1. The zero-order valence-corrected chi connectivity index (χ0v) is 11.9. The standard InChI is InChI=1S/C14H14ClN3O3/c15-10-5-6-12(18-8-2-7-16-18)11(9-10)17-13(19)3-1-4-14(20)21/h2,5-9H,1,3-4H2,(H,17,19)(H,20,21). The van der Waals surface area contributed by atoms with Crippen LogP contribution in [0.5, 0.6) is 0 Å². The summed E-state index contributed by atoms with van der Waals surface area (Å²) < 4.78 is 1.61. The second kappa shape index (κ2) is 6.90. The first-order valence-corrected chi connectivity index (χ1v) is 6.75. The Morgan fingerprint density at radius 2 is 2.14 bits per heavy atom. The lowest BCUT2D eigenvalue weighted by molar-refractivity contribution is -0.137. The third kappa shape index (κ3) is 4.32. The molecule has 110 valence electrons. The van der Waals surface area contributed by atoms with Crippen LogP contribution < -0.4 is 5.32 Å². The van der Waals surface area contributed by atoms with Crippen molar-refractivity contribution >= 4 is 29.2 Å². The van der Waals surface area contributed by atoms with Crippen molar-refractivity contribution < 1.29 is 14.7 Å². The van der Waals surface area contributed by atoms with E-state index in [0.29, 0.717) is 22.8 Å². The first-order chi connectivity index (χ1) is 10.1. The summed E-state index contributed by atoms with van der Waals surface area (Å²) in [5.41, 5.74) is 1.22. The molecule has 0 atom stereocenters. The zero-order valence-electron chi connectivity index (χ0n) is 11.1. The molecular weight excluding hydrogens is 294 g/mol. The van der Waals surface area contributed by atoms with Crippen molar-refractivity contribution in [2.24, 2.45) is 0 Å². The van der Waals surface area contributed by atoms with Crippen LogP contribution in [0, 0.1) is 0 Å². The Balaban J connectivity index is 2.10. The van der Waals surface area contributed by atoms with Gasteiger partial charge in [0.15, 0.2) is 0 Å². The maximum absolute atomic E-state index is 11.9. The highest BCUT2D eigenvalue weighted by Crippen LogP contribution is 2.24. The number of nitrogens with one attached hydrogen (secondary N) is 1. The predicted molar refractivity (Wildman–Crippen MR) is 78.7 cm³/mol. The van der Waals surface area contributed by atoms with Gasteiger partial charge in [0.05, 0.1) is 11.4 Å². The summed E-state index contributed by atoms with van der Waals surface area (Å²) in [6, 6.07) is 6.86. The fraction of sp³-hybridized carbons (Fsp3) is 0.214. The molecule has 6 nitrogen and oxygen atoms in total. The lowest BCUT2D eigenvalue weighted by Gasteiger charge is -2.11. The number of anilines is 1. The van der Waals surface area contributed by atoms with Crippen LogP contribution in [0.15, 0.2) is 36.7 Å². The van der Waals surface area contributed by atoms with Gasteiger partial charge < -0.3 is 10.4 Å². The number of rotatable bonds is 6. The van der Waals surface area contributed by atoms with Crippen molar-refractivity contribution in [1.82, 2.24) is 9.78 Å². The fourth-order valence-electron chi connectivity index (χ4n) is 1.83. The highest BCUT2D eigenvalue weighted by molar-refractivity contribution is 6.31. The Morgan fingerprint density at radius 1 is 1.33 bits per heavy atom. The first kappa shape index (κ1) is 15.1. The summed E-state index contributed by atoms with van der Waals surface area (Å²) in [6.45, 7) is 0. The molecule has 0 aliphatic rings. The predicted octanol–water partition coefficient (Wildman–Crippen LogP) is 2.72.